The van der Waals surface area contributed by atoms with Crippen LogP contribution in [0.15, 0.2) is 18.2 Å². The highest BCUT2D eigenvalue weighted by Gasteiger charge is 2.35. The number of carboxylic acids is 1. The second-order valence-corrected chi connectivity index (χ2v) is 6.18. The van der Waals surface area contributed by atoms with E-state index in [9.17, 15) is 9.90 Å². The SMILES string of the molecule is Cc1ccc(Cl)cc1OCCCC(C)(C(=O)O)C(C)C. The first kappa shape index (κ1) is 16.8. The summed E-state index contributed by atoms with van der Waals surface area (Å²) < 4.78 is 5.70. The average Bonchev–Trinajstić information content (AvgIpc) is 2.37. The molecule has 0 spiro atoms. The van der Waals surface area contributed by atoms with E-state index < -0.39 is 11.4 Å². The molecule has 0 aromatic heterocycles. The predicted octanol–water partition coefficient (Wildman–Crippen LogP) is 4.55. The van der Waals surface area contributed by atoms with Gasteiger partial charge >= 0.3 is 5.97 Å². The van der Waals surface area contributed by atoms with Crippen molar-refractivity contribution in [3.05, 3.63) is 28.8 Å². The lowest BCUT2D eigenvalue weighted by atomic mass is 9.75. The summed E-state index contributed by atoms with van der Waals surface area (Å²) in [5, 5.41) is 9.98. The Bertz CT molecular complexity index is 471. The Balaban J connectivity index is 2.53. The molecule has 1 aromatic carbocycles. The Morgan fingerprint density at radius 1 is 1.45 bits per heavy atom. The van der Waals surface area contributed by atoms with Crippen LogP contribution in [0, 0.1) is 18.3 Å². The van der Waals surface area contributed by atoms with Gasteiger partial charge in [0, 0.05) is 5.02 Å². The van der Waals surface area contributed by atoms with Crippen molar-refractivity contribution in [2.24, 2.45) is 11.3 Å². The number of hydrogen-bond donors (Lipinski definition) is 1. The molecule has 1 aromatic rings. The van der Waals surface area contributed by atoms with Gasteiger partial charge in [0.25, 0.3) is 0 Å². The summed E-state index contributed by atoms with van der Waals surface area (Å²) in [6.07, 6.45) is 1.30. The van der Waals surface area contributed by atoms with Crippen molar-refractivity contribution in [3.8, 4) is 5.75 Å². The maximum atomic E-state index is 11.4. The van der Waals surface area contributed by atoms with Crippen LogP contribution in [0.1, 0.15) is 39.2 Å². The average molecular weight is 299 g/mol. The van der Waals surface area contributed by atoms with Gasteiger partial charge in [0.1, 0.15) is 5.75 Å². The van der Waals surface area contributed by atoms with E-state index in [0.717, 1.165) is 11.3 Å². The zero-order valence-electron chi connectivity index (χ0n) is 12.6. The summed E-state index contributed by atoms with van der Waals surface area (Å²) in [5.74, 6) is 0.110. The molecule has 0 bridgehead atoms. The summed E-state index contributed by atoms with van der Waals surface area (Å²) in [6.45, 7) is 8.13. The van der Waals surface area contributed by atoms with Gasteiger partial charge in [-0.25, -0.2) is 0 Å². The molecule has 0 aliphatic rings. The van der Waals surface area contributed by atoms with Crippen molar-refractivity contribution in [3.63, 3.8) is 0 Å². The van der Waals surface area contributed by atoms with Crippen LogP contribution in [0.4, 0.5) is 0 Å². The molecule has 0 radical (unpaired) electrons. The molecule has 0 heterocycles. The minimum atomic E-state index is -0.744. The monoisotopic (exact) mass is 298 g/mol. The Morgan fingerprint density at radius 2 is 2.10 bits per heavy atom. The van der Waals surface area contributed by atoms with Gasteiger partial charge in [-0.15, -0.1) is 0 Å². The van der Waals surface area contributed by atoms with Crippen LogP contribution in [0.2, 0.25) is 5.02 Å². The third-order valence-corrected chi connectivity index (χ3v) is 4.25. The summed E-state index contributed by atoms with van der Waals surface area (Å²) in [6, 6.07) is 5.52. The molecule has 0 aliphatic carbocycles. The van der Waals surface area contributed by atoms with Crippen molar-refractivity contribution in [2.45, 2.75) is 40.5 Å². The van der Waals surface area contributed by atoms with Crippen molar-refractivity contribution in [2.75, 3.05) is 6.61 Å². The van der Waals surface area contributed by atoms with Gasteiger partial charge in [-0.2, -0.15) is 0 Å². The van der Waals surface area contributed by atoms with Crippen molar-refractivity contribution >= 4 is 17.6 Å². The third kappa shape index (κ3) is 4.14. The fourth-order valence-corrected chi connectivity index (χ4v) is 2.16. The lowest BCUT2D eigenvalue weighted by Crippen LogP contribution is -2.33. The first-order valence-corrected chi connectivity index (χ1v) is 7.27. The topological polar surface area (TPSA) is 46.5 Å². The Labute approximate surface area is 125 Å². The number of carbonyl (C=O) groups is 1. The van der Waals surface area contributed by atoms with E-state index in [1.165, 1.54) is 0 Å². The van der Waals surface area contributed by atoms with E-state index >= 15 is 0 Å². The second kappa shape index (κ2) is 6.98. The second-order valence-electron chi connectivity index (χ2n) is 5.74. The molecular formula is C16H23ClO3. The van der Waals surface area contributed by atoms with Crippen LogP contribution in [-0.2, 0) is 4.79 Å². The highest BCUT2D eigenvalue weighted by molar-refractivity contribution is 6.30. The van der Waals surface area contributed by atoms with Gasteiger partial charge in [0.2, 0.25) is 0 Å². The van der Waals surface area contributed by atoms with Crippen LogP contribution in [0.5, 0.6) is 5.75 Å². The van der Waals surface area contributed by atoms with Crippen molar-refractivity contribution in [1.82, 2.24) is 0 Å². The number of hydrogen-bond acceptors (Lipinski definition) is 2. The summed E-state index contributed by atoms with van der Waals surface area (Å²) in [7, 11) is 0. The molecule has 1 N–H and O–H groups in total. The maximum Gasteiger partial charge on any atom is 0.309 e. The number of rotatable bonds is 7. The number of carboxylic acid groups (broad SMARTS) is 1. The molecule has 0 aliphatic heterocycles. The van der Waals surface area contributed by atoms with Gasteiger partial charge < -0.3 is 9.84 Å². The first-order valence-electron chi connectivity index (χ1n) is 6.89. The third-order valence-electron chi connectivity index (χ3n) is 4.01. The van der Waals surface area contributed by atoms with E-state index in [-0.39, 0.29) is 5.92 Å². The normalized spacial score (nSPS) is 14.1. The lowest BCUT2D eigenvalue weighted by molar-refractivity contribution is -0.151. The zero-order chi connectivity index (χ0) is 15.3. The fraction of sp³-hybridized carbons (Fsp3) is 0.562. The number of benzene rings is 1. The van der Waals surface area contributed by atoms with Gasteiger partial charge in [-0.1, -0.05) is 31.5 Å². The number of aryl methyl sites for hydroxylation is 1. The molecule has 20 heavy (non-hydrogen) atoms. The van der Waals surface area contributed by atoms with Crippen LogP contribution in [0.3, 0.4) is 0 Å². The van der Waals surface area contributed by atoms with E-state index in [1.54, 1.807) is 13.0 Å². The smallest absolute Gasteiger partial charge is 0.309 e. The van der Waals surface area contributed by atoms with Crippen LogP contribution in [0.25, 0.3) is 0 Å². The first-order chi connectivity index (χ1) is 9.27. The molecule has 0 saturated heterocycles. The standard InChI is InChI=1S/C16H23ClO3/c1-11(2)16(4,15(18)19)8-5-9-20-14-10-13(17)7-6-12(14)3/h6-7,10-11H,5,8-9H2,1-4H3,(H,18,19). The lowest BCUT2D eigenvalue weighted by Gasteiger charge is -2.29. The molecule has 0 fully saturated rings. The molecule has 1 atom stereocenters. The molecule has 3 nitrogen and oxygen atoms in total. The highest BCUT2D eigenvalue weighted by Crippen LogP contribution is 2.33. The molecule has 0 amide bonds. The number of halogens is 1. The molecule has 4 heteroatoms. The van der Waals surface area contributed by atoms with Gasteiger partial charge in [-0.3, -0.25) is 4.79 Å². The van der Waals surface area contributed by atoms with E-state index in [0.29, 0.717) is 24.5 Å². The highest BCUT2D eigenvalue weighted by atomic mass is 35.5. The Hall–Kier alpha value is -1.22. The fourth-order valence-electron chi connectivity index (χ4n) is 1.99. The van der Waals surface area contributed by atoms with Gasteiger partial charge in [0.15, 0.2) is 0 Å². The molecule has 1 unspecified atom stereocenters. The predicted molar refractivity (Wildman–Crippen MR) is 81.5 cm³/mol. The Kier molecular flexibility index (Phi) is 5.88. The van der Waals surface area contributed by atoms with Crippen LogP contribution < -0.4 is 4.74 Å². The van der Waals surface area contributed by atoms with E-state index in [1.807, 2.05) is 32.9 Å². The van der Waals surface area contributed by atoms with Crippen LogP contribution in [-0.4, -0.2) is 17.7 Å². The maximum absolute atomic E-state index is 11.4. The molecular weight excluding hydrogens is 276 g/mol. The molecule has 1 rings (SSSR count). The van der Waals surface area contributed by atoms with Gasteiger partial charge in [0.05, 0.1) is 12.0 Å². The Morgan fingerprint density at radius 3 is 2.65 bits per heavy atom. The van der Waals surface area contributed by atoms with Crippen molar-refractivity contribution in [1.29, 1.82) is 0 Å². The zero-order valence-corrected chi connectivity index (χ0v) is 13.3. The minimum Gasteiger partial charge on any atom is -0.493 e. The summed E-state index contributed by atoms with van der Waals surface area (Å²) in [4.78, 5) is 11.4. The summed E-state index contributed by atoms with van der Waals surface area (Å²) in [5.41, 5.74) is 0.325. The van der Waals surface area contributed by atoms with Gasteiger partial charge in [-0.05, 0) is 50.3 Å². The van der Waals surface area contributed by atoms with Crippen LogP contribution >= 0.6 is 11.6 Å². The van der Waals surface area contributed by atoms with Crippen molar-refractivity contribution < 1.29 is 14.6 Å². The number of ether oxygens (including phenoxy) is 1. The largest absolute Gasteiger partial charge is 0.493 e. The number of aliphatic carboxylic acids is 1. The van der Waals surface area contributed by atoms with E-state index in [4.69, 9.17) is 16.3 Å². The summed E-state index contributed by atoms with van der Waals surface area (Å²) >= 11 is 5.93. The van der Waals surface area contributed by atoms with E-state index in [2.05, 4.69) is 0 Å². The molecule has 112 valence electrons. The quantitative estimate of drug-likeness (QED) is 0.751. The molecule has 0 saturated carbocycles. The minimum absolute atomic E-state index is 0.0907.